The molecule has 0 amide bonds. The molecule has 0 saturated carbocycles. The van der Waals surface area contributed by atoms with Gasteiger partial charge in [-0.2, -0.15) is 0 Å². The lowest BCUT2D eigenvalue weighted by atomic mass is 10.0. The molecule has 0 saturated heterocycles. The number of hydrogen-bond donors (Lipinski definition) is 0. The predicted octanol–water partition coefficient (Wildman–Crippen LogP) is 16.1. The van der Waals surface area contributed by atoms with E-state index >= 15 is 0 Å². The standard InChI is InChI=1S/C59H36N4S/c1-3-14-37(15-4-1)38-26-29-53-45(32-38)46-34-41(28-30-54(46)61(53)40-16-5-2-6-17-40)62-51-22-10-7-18-42(51)47-35-48-43-19-8-11-23-52(43)63(56(48)36-55(47)62)59-25-13-21-50(60-59)39-27-31-58-49(33-39)44-20-9-12-24-57(44)64-58/h1-36H. The Bertz CT molecular complexity index is 4190. The second-order valence-corrected chi connectivity index (χ2v) is 17.8. The van der Waals surface area contributed by atoms with Gasteiger partial charge in [0.05, 0.1) is 38.8 Å². The van der Waals surface area contributed by atoms with E-state index in [1.54, 1.807) is 0 Å². The highest BCUT2D eigenvalue weighted by atomic mass is 32.1. The van der Waals surface area contributed by atoms with Gasteiger partial charge in [0.2, 0.25) is 0 Å². The summed E-state index contributed by atoms with van der Waals surface area (Å²) >= 11 is 1.84. The first-order valence-electron chi connectivity index (χ1n) is 21.8. The largest absolute Gasteiger partial charge is 0.309 e. The number of thiophene rings is 1. The molecule has 0 aliphatic carbocycles. The van der Waals surface area contributed by atoms with Crippen molar-refractivity contribution in [2.45, 2.75) is 0 Å². The van der Waals surface area contributed by atoms with Crippen LogP contribution in [0.25, 0.3) is 125 Å². The summed E-state index contributed by atoms with van der Waals surface area (Å²) in [6.07, 6.45) is 0. The summed E-state index contributed by atoms with van der Waals surface area (Å²) in [6, 6.07) is 79.6. The number of nitrogens with zero attached hydrogens (tertiary/aromatic N) is 4. The van der Waals surface area contributed by atoms with E-state index in [4.69, 9.17) is 4.98 Å². The average molecular weight is 833 g/mol. The lowest BCUT2D eigenvalue weighted by Crippen LogP contribution is -1.99. The maximum absolute atomic E-state index is 5.44. The fraction of sp³-hybridized carbons (Fsp3) is 0. The molecule has 14 aromatic rings. The zero-order valence-electron chi connectivity index (χ0n) is 34.5. The molecule has 64 heavy (non-hydrogen) atoms. The van der Waals surface area contributed by atoms with Crippen LogP contribution in [0, 0.1) is 0 Å². The van der Waals surface area contributed by atoms with E-state index in [1.807, 2.05) is 11.3 Å². The van der Waals surface area contributed by atoms with Crippen molar-refractivity contribution in [3.05, 3.63) is 218 Å². The molecular formula is C59H36N4S. The van der Waals surface area contributed by atoms with Crippen LogP contribution in [0.2, 0.25) is 0 Å². The minimum absolute atomic E-state index is 0.894. The van der Waals surface area contributed by atoms with Crippen LogP contribution >= 0.6 is 11.3 Å². The molecule has 298 valence electrons. The highest BCUT2D eigenvalue weighted by Crippen LogP contribution is 2.42. The van der Waals surface area contributed by atoms with Crippen LogP contribution in [-0.4, -0.2) is 18.7 Å². The van der Waals surface area contributed by atoms with Crippen LogP contribution < -0.4 is 0 Å². The zero-order valence-corrected chi connectivity index (χ0v) is 35.3. The molecule has 0 fully saturated rings. The van der Waals surface area contributed by atoms with Gasteiger partial charge >= 0.3 is 0 Å². The normalized spacial score (nSPS) is 12.1. The first-order valence-corrected chi connectivity index (χ1v) is 22.6. The molecule has 9 aromatic carbocycles. The number of benzene rings is 9. The first-order chi connectivity index (χ1) is 31.7. The Morgan fingerprint density at radius 3 is 1.64 bits per heavy atom. The summed E-state index contributed by atoms with van der Waals surface area (Å²) in [6.45, 7) is 0. The third-order valence-corrected chi connectivity index (χ3v) is 14.4. The molecule has 4 nitrogen and oxygen atoms in total. The van der Waals surface area contributed by atoms with Crippen molar-refractivity contribution in [1.29, 1.82) is 0 Å². The number of rotatable bonds is 5. The SMILES string of the molecule is c1ccc(-c2ccc3c(c2)c2cc(-n4c5ccccc5c5cc6c7ccccc7n(-c7cccc(-c8ccc9sc%10ccccc%10c9c8)n7)c6cc54)ccc2n3-c2ccccc2)cc1. The summed E-state index contributed by atoms with van der Waals surface area (Å²) in [4.78, 5) is 5.44. The van der Waals surface area contributed by atoms with Gasteiger partial charge in [-0.15, -0.1) is 11.3 Å². The van der Waals surface area contributed by atoms with Gasteiger partial charge in [-0.3, -0.25) is 4.57 Å². The van der Waals surface area contributed by atoms with Gasteiger partial charge < -0.3 is 9.13 Å². The Balaban J connectivity index is 1.01. The van der Waals surface area contributed by atoms with E-state index in [1.165, 1.54) is 80.2 Å². The van der Waals surface area contributed by atoms with Gasteiger partial charge in [0.25, 0.3) is 0 Å². The van der Waals surface area contributed by atoms with E-state index in [9.17, 15) is 0 Å². The van der Waals surface area contributed by atoms with Gasteiger partial charge in [-0.05, 0) is 108 Å². The Kier molecular flexibility index (Phi) is 7.53. The van der Waals surface area contributed by atoms with Crippen molar-refractivity contribution in [3.8, 4) is 39.6 Å². The lowest BCUT2D eigenvalue weighted by Gasteiger charge is -2.12. The van der Waals surface area contributed by atoms with E-state index in [2.05, 4.69) is 232 Å². The van der Waals surface area contributed by atoms with Gasteiger partial charge in [0.1, 0.15) is 5.82 Å². The van der Waals surface area contributed by atoms with E-state index < -0.39 is 0 Å². The molecule has 5 aromatic heterocycles. The molecule has 5 heterocycles. The van der Waals surface area contributed by atoms with Gasteiger partial charge in [-0.25, -0.2) is 4.98 Å². The summed E-state index contributed by atoms with van der Waals surface area (Å²) in [5.41, 5.74) is 13.7. The summed E-state index contributed by atoms with van der Waals surface area (Å²) < 4.78 is 9.82. The second-order valence-electron chi connectivity index (χ2n) is 16.8. The topological polar surface area (TPSA) is 27.7 Å². The van der Waals surface area contributed by atoms with Crippen molar-refractivity contribution < 1.29 is 0 Å². The number of para-hydroxylation sites is 3. The van der Waals surface area contributed by atoms with Gasteiger partial charge in [0, 0.05) is 69.4 Å². The predicted molar refractivity (Wildman–Crippen MR) is 271 cm³/mol. The summed E-state index contributed by atoms with van der Waals surface area (Å²) in [7, 11) is 0. The second kappa shape index (κ2) is 13.6. The highest BCUT2D eigenvalue weighted by molar-refractivity contribution is 7.25. The Hall–Kier alpha value is -8.25. The van der Waals surface area contributed by atoms with E-state index in [0.29, 0.717) is 0 Å². The fourth-order valence-electron chi connectivity index (χ4n) is 10.4. The number of hydrogen-bond acceptors (Lipinski definition) is 2. The van der Waals surface area contributed by atoms with Gasteiger partial charge in [0.15, 0.2) is 0 Å². The molecule has 5 heteroatoms. The van der Waals surface area contributed by atoms with Crippen LogP contribution in [-0.2, 0) is 0 Å². The molecule has 0 unspecified atom stereocenters. The molecule has 0 bridgehead atoms. The average Bonchev–Trinajstić information content (AvgIpc) is 4.09. The molecule has 0 aliphatic heterocycles. The lowest BCUT2D eigenvalue weighted by molar-refractivity contribution is 1.08. The Morgan fingerprint density at radius 2 is 0.844 bits per heavy atom. The van der Waals surface area contributed by atoms with E-state index in [0.717, 1.165) is 45.0 Å². The monoisotopic (exact) mass is 832 g/mol. The molecular weight excluding hydrogens is 797 g/mol. The number of aromatic nitrogens is 4. The zero-order chi connectivity index (χ0) is 41.9. The third-order valence-electron chi connectivity index (χ3n) is 13.2. The smallest absolute Gasteiger partial charge is 0.138 e. The highest BCUT2D eigenvalue weighted by Gasteiger charge is 2.21. The van der Waals surface area contributed by atoms with Crippen LogP contribution in [0.15, 0.2) is 218 Å². The van der Waals surface area contributed by atoms with Gasteiger partial charge in [-0.1, -0.05) is 121 Å². The number of pyridine rings is 1. The molecule has 0 radical (unpaired) electrons. The maximum Gasteiger partial charge on any atom is 0.138 e. The van der Waals surface area contributed by atoms with Crippen LogP contribution in [0.1, 0.15) is 0 Å². The molecule has 0 aliphatic rings. The molecule has 0 N–H and O–H groups in total. The Labute approximate surface area is 371 Å². The van der Waals surface area contributed by atoms with Crippen molar-refractivity contribution >= 4 is 96.9 Å². The molecule has 14 rings (SSSR count). The van der Waals surface area contributed by atoms with Crippen molar-refractivity contribution in [1.82, 2.24) is 18.7 Å². The fourth-order valence-corrected chi connectivity index (χ4v) is 11.5. The third kappa shape index (κ3) is 5.19. The summed E-state index contributed by atoms with van der Waals surface area (Å²) in [5, 5.41) is 9.87. The van der Waals surface area contributed by atoms with E-state index in [-0.39, 0.29) is 0 Å². The van der Waals surface area contributed by atoms with Crippen LogP contribution in [0.4, 0.5) is 0 Å². The Morgan fingerprint density at radius 1 is 0.281 bits per heavy atom. The maximum atomic E-state index is 5.44. The van der Waals surface area contributed by atoms with Crippen molar-refractivity contribution in [2.75, 3.05) is 0 Å². The van der Waals surface area contributed by atoms with Crippen LogP contribution in [0.3, 0.4) is 0 Å². The van der Waals surface area contributed by atoms with Crippen LogP contribution in [0.5, 0.6) is 0 Å². The van der Waals surface area contributed by atoms with Crippen molar-refractivity contribution in [2.24, 2.45) is 0 Å². The molecule has 0 atom stereocenters. The molecule has 0 spiro atoms. The minimum atomic E-state index is 0.894. The summed E-state index contributed by atoms with van der Waals surface area (Å²) in [5.74, 6) is 0.894. The quantitative estimate of drug-likeness (QED) is 0.170. The minimum Gasteiger partial charge on any atom is -0.309 e. The number of fused-ring (bicyclic) bond motifs is 12. The van der Waals surface area contributed by atoms with Crippen molar-refractivity contribution in [3.63, 3.8) is 0 Å². The first kappa shape index (κ1) is 35.4.